The smallest absolute Gasteiger partial charge is 0.410 e. The molecule has 2 N–H and O–H groups in total. The van der Waals surface area contributed by atoms with Crippen molar-refractivity contribution in [3.8, 4) is 0 Å². The van der Waals surface area contributed by atoms with Crippen LogP contribution in [-0.2, 0) is 18.9 Å². The minimum absolute atomic E-state index is 0.0246. The van der Waals surface area contributed by atoms with Crippen molar-refractivity contribution in [2.24, 2.45) is 56.7 Å². The van der Waals surface area contributed by atoms with Gasteiger partial charge in [-0.1, -0.05) is 48.5 Å². The Morgan fingerprint density at radius 3 is 2.43 bits per heavy atom. The van der Waals surface area contributed by atoms with Crippen molar-refractivity contribution >= 4 is 6.09 Å². The van der Waals surface area contributed by atoms with Crippen LogP contribution < -0.4 is 5.32 Å². The second-order valence-corrected chi connectivity index (χ2v) is 18.6. The highest BCUT2D eigenvalue weighted by Gasteiger charge is 2.84. The molecule has 4 unspecified atom stereocenters. The van der Waals surface area contributed by atoms with Gasteiger partial charge in [0.1, 0.15) is 6.10 Å². The number of fused-ring (bicyclic) bond motifs is 4. The van der Waals surface area contributed by atoms with Crippen LogP contribution in [0.4, 0.5) is 4.79 Å². The fourth-order valence-corrected chi connectivity index (χ4v) is 13.9. The predicted molar refractivity (Wildman–Crippen MR) is 175 cm³/mol. The molecule has 3 aliphatic heterocycles. The number of ether oxygens (including phenoxy) is 4. The lowest BCUT2D eigenvalue weighted by Gasteiger charge is -2.63. The van der Waals surface area contributed by atoms with Crippen LogP contribution in [0.1, 0.15) is 106 Å². The van der Waals surface area contributed by atoms with Crippen LogP contribution in [0, 0.1) is 56.7 Å². The van der Waals surface area contributed by atoms with Gasteiger partial charge in [0.25, 0.3) is 0 Å². The van der Waals surface area contributed by atoms with Gasteiger partial charge in [0.15, 0.2) is 6.29 Å². The standard InChI is InChI=1S/C38H62N2O6/c1-22(2)30(46-33(42)40-16-8-17-40)24-19-23(3)29-31(44-24)32(41)36(7)26-10-9-25-34(4,5)27(45-28-20-39-15-18-43-28)11-12-37(25)21-38(26,37)14-13-35(29,36)6/h22-32,39,41H,8-21H2,1-7H3/t23-,24?,25+,26?,27?,28+,29+,30-,31?,32+,35-,36-,37-,38+/m1/s1. The van der Waals surface area contributed by atoms with E-state index in [2.05, 4.69) is 53.8 Å². The predicted octanol–water partition coefficient (Wildman–Crippen LogP) is 6.00. The molecule has 8 heteroatoms. The second kappa shape index (κ2) is 10.8. The lowest BCUT2D eigenvalue weighted by molar-refractivity contribution is -0.237. The zero-order valence-corrected chi connectivity index (χ0v) is 29.7. The lowest BCUT2D eigenvalue weighted by Crippen LogP contribution is -2.60. The van der Waals surface area contributed by atoms with Crippen LogP contribution in [0.25, 0.3) is 0 Å². The number of hydrogen-bond donors (Lipinski definition) is 2. The molecule has 260 valence electrons. The van der Waals surface area contributed by atoms with Gasteiger partial charge in [-0.25, -0.2) is 4.79 Å². The van der Waals surface area contributed by atoms with Gasteiger partial charge in [-0.15, -0.1) is 0 Å². The summed E-state index contributed by atoms with van der Waals surface area (Å²) in [7, 11) is 0. The first-order chi connectivity index (χ1) is 21.8. The number of hydrogen-bond acceptors (Lipinski definition) is 7. The molecule has 3 heterocycles. The first-order valence-corrected chi connectivity index (χ1v) is 19.1. The van der Waals surface area contributed by atoms with Crippen molar-refractivity contribution in [2.75, 3.05) is 32.8 Å². The SMILES string of the molecule is CC(C)[C@@H](OC(=O)N1CCC1)C1C[C@@H](C)[C@H]2C(O1)[C@H](O)[C@@]1(C)C3CC[C@H]4C(C)(C)C(O[C@H]5CNCCO5)CC[C@@]45C[C@@]35CC[C@]21C. The van der Waals surface area contributed by atoms with Crippen molar-refractivity contribution in [1.29, 1.82) is 0 Å². The zero-order chi connectivity index (χ0) is 32.4. The van der Waals surface area contributed by atoms with E-state index < -0.39 is 6.10 Å². The molecule has 0 bridgehead atoms. The molecule has 8 rings (SSSR count). The van der Waals surface area contributed by atoms with E-state index in [9.17, 15) is 9.90 Å². The van der Waals surface area contributed by atoms with Gasteiger partial charge >= 0.3 is 6.09 Å². The van der Waals surface area contributed by atoms with Crippen molar-refractivity contribution in [2.45, 2.75) is 143 Å². The van der Waals surface area contributed by atoms with E-state index in [4.69, 9.17) is 18.9 Å². The minimum atomic E-state index is -0.508. The summed E-state index contributed by atoms with van der Waals surface area (Å²) >= 11 is 0. The third kappa shape index (κ3) is 4.18. The molecule has 5 aliphatic carbocycles. The Hall–Kier alpha value is -0.930. The Bertz CT molecular complexity index is 1200. The number of rotatable bonds is 5. The van der Waals surface area contributed by atoms with Crippen LogP contribution in [0.15, 0.2) is 0 Å². The molecular formula is C38H62N2O6. The first-order valence-electron chi connectivity index (χ1n) is 19.1. The fraction of sp³-hybridized carbons (Fsp3) is 0.974. The number of carbonyl (C=O) groups excluding carboxylic acids is 1. The van der Waals surface area contributed by atoms with E-state index in [-0.39, 0.29) is 59.0 Å². The Morgan fingerprint density at radius 2 is 1.76 bits per heavy atom. The number of amides is 1. The molecule has 0 aromatic carbocycles. The van der Waals surface area contributed by atoms with Crippen LogP contribution in [-0.4, -0.2) is 85.7 Å². The van der Waals surface area contributed by atoms with Gasteiger partial charge in [-0.05, 0) is 109 Å². The summed E-state index contributed by atoms with van der Waals surface area (Å²) in [6, 6.07) is 0. The van der Waals surface area contributed by atoms with E-state index >= 15 is 0 Å². The van der Waals surface area contributed by atoms with E-state index in [0.29, 0.717) is 34.5 Å². The van der Waals surface area contributed by atoms with Crippen LogP contribution in [0.3, 0.4) is 0 Å². The molecule has 8 nitrogen and oxygen atoms in total. The topological polar surface area (TPSA) is 89.5 Å². The van der Waals surface area contributed by atoms with Crippen molar-refractivity contribution in [1.82, 2.24) is 10.2 Å². The maximum Gasteiger partial charge on any atom is 0.410 e. The number of morpholine rings is 1. The molecule has 0 aromatic rings. The molecule has 14 atom stereocenters. The van der Waals surface area contributed by atoms with Crippen molar-refractivity contribution in [3.63, 3.8) is 0 Å². The average Bonchev–Trinajstić information content (AvgIpc) is 3.61. The van der Waals surface area contributed by atoms with Crippen molar-refractivity contribution in [3.05, 3.63) is 0 Å². The van der Waals surface area contributed by atoms with Gasteiger partial charge < -0.3 is 34.3 Å². The van der Waals surface area contributed by atoms with E-state index in [1.807, 2.05) is 0 Å². The molecule has 0 radical (unpaired) electrons. The third-order valence-corrected chi connectivity index (χ3v) is 16.3. The van der Waals surface area contributed by atoms with Crippen LogP contribution in [0.2, 0.25) is 0 Å². The monoisotopic (exact) mass is 642 g/mol. The van der Waals surface area contributed by atoms with Gasteiger partial charge in [-0.3, -0.25) is 0 Å². The minimum Gasteiger partial charge on any atom is -0.443 e. The van der Waals surface area contributed by atoms with Gasteiger partial charge in [0, 0.05) is 31.6 Å². The molecule has 8 fully saturated rings. The van der Waals surface area contributed by atoms with Gasteiger partial charge in [0.05, 0.1) is 31.0 Å². The Labute approximate surface area is 277 Å². The summed E-state index contributed by atoms with van der Waals surface area (Å²) in [5.74, 6) is 2.02. The number of aliphatic hydroxyl groups excluding tert-OH is 1. The number of carbonyl (C=O) groups is 1. The van der Waals surface area contributed by atoms with Crippen LogP contribution in [0.5, 0.6) is 0 Å². The summed E-state index contributed by atoms with van der Waals surface area (Å²) in [4.78, 5) is 14.7. The highest BCUT2D eigenvalue weighted by Crippen LogP contribution is 2.89. The maximum absolute atomic E-state index is 12.9. The van der Waals surface area contributed by atoms with Gasteiger partial charge in [-0.2, -0.15) is 0 Å². The number of aliphatic hydroxyl groups is 1. The third-order valence-electron chi connectivity index (χ3n) is 16.3. The Kier molecular flexibility index (Phi) is 7.57. The largest absolute Gasteiger partial charge is 0.443 e. The quantitative estimate of drug-likeness (QED) is 0.381. The van der Waals surface area contributed by atoms with Crippen molar-refractivity contribution < 1.29 is 28.8 Å². The highest BCUT2D eigenvalue weighted by molar-refractivity contribution is 5.68. The maximum atomic E-state index is 12.9. The lowest BCUT2D eigenvalue weighted by atomic mass is 9.41. The summed E-state index contributed by atoms with van der Waals surface area (Å²) in [6.07, 6.45) is 9.16. The highest BCUT2D eigenvalue weighted by atomic mass is 16.7. The molecule has 3 saturated heterocycles. The average molecular weight is 643 g/mol. The van der Waals surface area contributed by atoms with E-state index in [1.54, 1.807) is 4.90 Å². The van der Waals surface area contributed by atoms with E-state index in [0.717, 1.165) is 52.0 Å². The summed E-state index contributed by atoms with van der Waals surface area (Å²) in [5, 5.41) is 16.1. The molecule has 46 heavy (non-hydrogen) atoms. The molecule has 8 aliphatic rings. The molecule has 2 spiro atoms. The normalized spacial score (nSPS) is 52.7. The fourth-order valence-electron chi connectivity index (χ4n) is 13.9. The summed E-state index contributed by atoms with van der Waals surface area (Å²) in [5.41, 5.74) is 0.614. The second-order valence-electron chi connectivity index (χ2n) is 18.6. The number of likely N-dealkylation sites (tertiary alicyclic amines) is 1. The first kappa shape index (κ1) is 32.3. The molecular weight excluding hydrogens is 580 g/mol. The van der Waals surface area contributed by atoms with Gasteiger partial charge in [0.2, 0.25) is 0 Å². The number of nitrogens with one attached hydrogen (secondary N) is 1. The molecule has 1 amide bonds. The van der Waals surface area contributed by atoms with E-state index in [1.165, 1.54) is 38.5 Å². The Morgan fingerprint density at radius 1 is 1.02 bits per heavy atom. The van der Waals surface area contributed by atoms with Crippen LogP contribution >= 0.6 is 0 Å². The molecule has 5 saturated carbocycles. The summed E-state index contributed by atoms with van der Waals surface area (Å²) in [6.45, 7) is 20.6. The molecule has 0 aromatic heterocycles. The number of nitrogens with zero attached hydrogens (tertiary/aromatic N) is 1. The Balaban J connectivity index is 1.04. The summed E-state index contributed by atoms with van der Waals surface area (Å²) < 4.78 is 25.9. The zero-order valence-electron chi connectivity index (χ0n) is 29.7.